The molecule has 0 aromatic heterocycles. The third kappa shape index (κ3) is 2.92. The van der Waals surface area contributed by atoms with Gasteiger partial charge in [0.1, 0.15) is 6.10 Å². The van der Waals surface area contributed by atoms with Crippen LogP contribution in [0.1, 0.15) is 35.6 Å². The molecule has 88 valence electrons. The van der Waals surface area contributed by atoms with Gasteiger partial charge in [0.05, 0.1) is 0 Å². The number of benzene rings is 1. The fraction of sp³-hybridized carbons (Fsp3) is 0.500. The zero-order valence-electron chi connectivity index (χ0n) is 10.5. The molecule has 0 aliphatic rings. The van der Waals surface area contributed by atoms with Gasteiger partial charge in [0, 0.05) is 6.42 Å². The van der Waals surface area contributed by atoms with E-state index < -0.39 is 6.10 Å². The predicted molar refractivity (Wildman–Crippen MR) is 65.7 cm³/mol. The Hall–Kier alpha value is -1.15. The second kappa shape index (κ2) is 5.26. The average Bonchev–Trinajstić information content (AvgIpc) is 2.21. The Labute approximate surface area is 97.3 Å². The van der Waals surface area contributed by atoms with Gasteiger partial charge >= 0.3 is 0 Å². The van der Waals surface area contributed by atoms with Gasteiger partial charge in [-0.05, 0) is 43.9 Å². The van der Waals surface area contributed by atoms with Crippen LogP contribution in [-0.4, -0.2) is 17.0 Å². The summed E-state index contributed by atoms with van der Waals surface area (Å²) in [6, 6.07) is 4.15. The van der Waals surface area contributed by atoms with Gasteiger partial charge in [-0.2, -0.15) is 0 Å². The highest BCUT2D eigenvalue weighted by molar-refractivity contribution is 5.85. The van der Waals surface area contributed by atoms with Gasteiger partial charge in [-0.15, -0.1) is 0 Å². The number of aryl methyl sites for hydroxylation is 3. The molecule has 0 aliphatic heterocycles. The van der Waals surface area contributed by atoms with E-state index in [4.69, 9.17) is 0 Å². The van der Waals surface area contributed by atoms with Crippen LogP contribution in [0.15, 0.2) is 12.1 Å². The Kier molecular flexibility index (Phi) is 4.25. The average molecular weight is 220 g/mol. The van der Waals surface area contributed by atoms with Crippen molar-refractivity contribution in [1.29, 1.82) is 0 Å². The maximum absolute atomic E-state index is 11.7. The van der Waals surface area contributed by atoms with Crippen molar-refractivity contribution < 1.29 is 9.90 Å². The van der Waals surface area contributed by atoms with E-state index in [0.717, 1.165) is 16.7 Å². The van der Waals surface area contributed by atoms with E-state index in [2.05, 4.69) is 12.1 Å². The molecule has 1 atom stereocenters. The van der Waals surface area contributed by atoms with Gasteiger partial charge < -0.3 is 5.11 Å². The van der Waals surface area contributed by atoms with E-state index in [9.17, 15) is 9.90 Å². The number of rotatable bonds is 4. The first-order valence-corrected chi connectivity index (χ1v) is 5.73. The summed E-state index contributed by atoms with van der Waals surface area (Å²) in [5.74, 6) is -0.0856. The van der Waals surface area contributed by atoms with Crippen LogP contribution in [0.25, 0.3) is 0 Å². The van der Waals surface area contributed by atoms with Gasteiger partial charge in [0.2, 0.25) is 0 Å². The molecule has 0 spiro atoms. The van der Waals surface area contributed by atoms with Gasteiger partial charge in [0.15, 0.2) is 5.78 Å². The molecule has 0 fully saturated rings. The van der Waals surface area contributed by atoms with Crippen molar-refractivity contribution >= 4 is 5.78 Å². The van der Waals surface area contributed by atoms with Crippen LogP contribution in [0, 0.1) is 20.8 Å². The number of hydrogen-bond donors (Lipinski definition) is 1. The van der Waals surface area contributed by atoms with Crippen LogP contribution in [0.2, 0.25) is 0 Å². The normalized spacial score (nSPS) is 12.6. The zero-order valence-corrected chi connectivity index (χ0v) is 10.5. The molecule has 1 unspecified atom stereocenters. The molecule has 0 radical (unpaired) electrons. The van der Waals surface area contributed by atoms with E-state index in [1.807, 2.05) is 27.7 Å². The third-order valence-corrected chi connectivity index (χ3v) is 2.95. The van der Waals surface area contributed by atoms with Crippen LogP contribution in [0.4, 0.5) is 0 Å². The second-order valence-electron chi connectivity index (χ2n) is 4.44. The molecular weight excluding hydrogens is 200 g/mol. The molecule has 2 heteroatoms. The lowest BCUT2D eigenvalue weighted by atomic mass is 9.94. The lowest BCUT2D eigenvalue weighted by molar-refractivity contribution is -0.126. The molecule has 1 aromatic carbocycles. The molecule has 1 N–H and O–H groups in total. The molecule has 0 saturated heterocycles. The number of aliphatic hydroxyl groups is 1. The summed E-state index contributed by atoms with van der Waals surface area (Å²) in [7, 11) is 0. The number of carbonyl (C=O) groups excluding carboxylic acids is 1. The van der Waals surface area contributed by atoms with Crippen LogP contribution in [-0.2, 0) is 11.2 Å². The fourth-order valence-corrected chi connectivity index (χ4v) is 2.01. The van der Waals surface area contributed by atoms with Crippen molar-refractivity contribution in [3.05, 3.63) is 34.4 Å². The van der Waals surface area contributed by atoms with E-state index in [1.54, 1.807) is 0 Å². The highest BCUT2D eigenvalue weighted by atomic mass is 16.3. The Morgan fingerprint density at radius 3 is 2.19 bits per heavy atom. The highest BCUT2D eigenvalue weighted by Gasteiger charge is 2.15. The van der Waals surface area contributed by atoms with Crippen molar-refractivity contribution in [3.63, 3.8) is 0 Å². The van der Waals surface area contributed by atoms with Gasteiger partial charge in [-0.1, -0.05) is 24.6 Å². The van der Waals surface area contributed by atoms with Crippen LogP contribution >= 0.6 is 0 Å². The SMILES string of the molecule is CCC(O)C(=O)Cc1c(C)cc(C)cc1C. The largest absolute Gasteiger partial charge is 0.385 e. The van der Waals surface area contributed by atoms with E-state index in [-0.39, 0.29) is 5.78 Å². The summed E-state index contributed by atoms with van der Waals surface area (Å²) < 4.78 is 0. The number of carbonyl (C=O) groups is 1. The van der Waals surface area contributed by atoms with Crippen LogP contribution < -0.4 is 0 Å². The maximum Gasteiger partial charge on any atom is 0.165 e. The maximum atomic E-state index is 11.7. The summed E-state index contributed by atoms with van der Waals surface area (Å²) in [6.07, 6.45) is 0.00976. The van der Waals surface area contributed by atoms with Crippen molar-refractivity contribution in [2.45, 2.75) is 46.6 Å². The standard InChI is InChI=1S/C14H20O2/c1-5-13(15)14(16)8-12-10(3)6-9(2)7-11(12)4/h6-7,13,15H,5,8H2,1-4H3. The molecule has 2 nitrogen and oxygen atoms in total. The monoisotopic (exact) mass is 220 g/mol. The van der Waals surface area contributed by atoms with Crippen LogP contribution in [0.5, 0.6) is 0 Å². The van der Waals surface area contributed by atoms with E-state index >= 15 is 0 Å². The minimum atomic E-state index is -0.819. The number of hydrogen-bond acceptors (Lipinski definition) is 2. The Morgan fingerprint density at radius 2 is 1.75 bits per heavy atom. The Bertz CT molecular complexity index is 371. The van der Waals surface area contributed by atoms with Crippen molar-refractivity contribution in [3.8, 4) is 0 Å². The molecule has 1 aromatic rings. The molecule has 0 heterocycles. The zero-order chi connectivity index (χ0) is 12.3. The molecule has 0 saturated carbocycles. The highest BCUT2D eigenvalue weighted by Crippen LogP contribution is 2.17. The predicted octanol–water partition coefficient (Wildman–Crippen LogP) is 2.49. The number of aliphatic hydroxyl groups excluding tert-OH is 1. The molecular formula is C14H20O2. The first-order chi connectivity index (χ1) is 7.45. The molecule has 1 rings (SSSR count). The molecule has 0 bridgehead atoms. The molecule has 0 amide bonds. The van der Waals surface area contributed by atoms with Crippen molar-refractivity contribution in [2.75, 3.05) is 0 Å². The number of ketones is 1. The van der Waals surface area contributed by atoms with E-state index in [0.29, 0.717) is 12.8 Å². The van der Waals surface area contributed by atoms with Gasteiger partial charge in [0.25, 0.3) is 0 Å². The van der Waals surface area contributed by atoms with Crippen LogP contribution in [0.3, 0.4) is 0 Å². The van der Waals surface area contributed by atoms with E-state index in [1.165, 1.54) is 5.56 Å². The Balaban J connectivity index is 2.93. The fourth-order valence-electron chi connectivity index (χ4n) is 2.01. The number of Topliss-reactive ketones (excluding diaryl/α,β-unsaturated/α-hetero) is 1. The first-order valence-electron chi connectivity index (χ1n) is 5.73. The molecule has 16 heavy (non-hydrogen) atoms. The summed E-state index contributed by atoms with van der Waals surface area (Å²) >= 11 is 0. The topological polar surface area (TPSA) is 37.3 Å². The van der Waals surface area contributed by atoms with Gasteiger partial charge in [-0.3, -0.25) is 4.79 Å². The Morgan fingerprint density at radius 1 is 1.25 bits per heavy atom. The molecule has 0 aliphatic carbocycles. The summed E-state index contributed by atoms with van der Waals surface area (Å²) in [4.78, 5) is 11.7. The summed E-state index contributed by atoms with van der Waals surface area (Å²) in [5, 5.41) is 9.47. The minimum absolute atomic E-state index is 0.0856. The lowest BCUT2D eigenvalue weighted by Gasteiger charge is -2.12. The first kappa shape index (κ1) is 12.9. The summed E-state index contributed by atoms with van der Waals surface area (Å²) in [6.45, 7) is 7.89. The van der Waals surface area contributed by atoms with Gasteiger partial charge in [-0.25, -0.2) is 0 Å². The quantitative estimate of drug-likeness (QED) is 0.846. The smallest absolute Gasteiger partial charge is 0.165 e. The summed E-state index contributed by atoms with van der Waals surface area (Å²) in [5.41, 5.74) is 4.54. The third-order valence-electron chi connectivity index (χ3n) is 2.95. The second-order valence-corrected chi connectivity index (χ2v) is 4.44. The van der Waals surface area contributed by atoms with Crippen molar-refractivity contribution in [1.82, 2.24) is 0 Å². The van der Waals surface area contributed by atoms with Crippen molar-refractivity contribution in [2.24, 2.45) is 0 Å². The minimum Gasteiger partial charge on any atom is -0.385 e. The lowest BCUT2D eigenvalue weighted by Crippen LogP contribution is -2.22.